The molecule has 0 unspecified atom stereocenters. The van der Waals surface area contributed by atoms with E-state index in [2.05, 4.69) is 75.8 Å². The van der Waals surface area contributed by atoms with Gasteiger partial charge in [0, 0.05) is 45.0 Å². The minimum Gasteiger partial charge on any atom is -0.379 e. The van der Waals surface area contributed by atoms with Crippen molar-refractivity contribution in [3.8, 4) is 0 Å². The highest BCUT2D eigenvalue weighted by Gasteiger charge is 2.28. The highest BCUT2D eigenvalue weighted by molar-refractivity contribution is 7.89. The molecule has 2 aliphatic heterocycles. The zero-order chi connectivity index (χ0) is 25.7. The second-order valence-electron chi connectivity index (χ2n) is 9.22. The fourth-order valence-electron chi connectivity index (χ4n) is 4.92. The van der Waals surface area contributed by atoms with Crippen molar-refractivity contribution in [3.63, 3.8) is 0 Å². The second kappa shape index (κ2) is 11.7. The number of thiocarbonyl (C=S) groups is 1. The first-order valence-electron chi connectivity index (χ1n) is 12.6. The Morgan fingerprint density at radius 1 is 0.757 bits per heavy atom. The minimum absolute atomic E-state index is 0.201. The van der Waals surface area contributed by atoms with Crippen LogP contribution in [0.15, 0.2) is 89.8 Å². The molecule has 5 rings (SSSR count). The van der Waals surface area contributed by atoms with E-state index in [0.29, 0.717) is 31.4 Å². The second-order valence-corrected chi connectivity index (χ2v) is 11.5. The summed E-state index contributed by atoms with van der Waals surface area (Å²) in [5, 5.41) is 3.94. The molecule has 3 aromatic rings. The molecule has 0 atom stereocenters. The molecular formula is C28H32N4O3S2. The lowest BCUT2D eigenvalue weighted by Crippen LogP contribution is -2.50. The first kappa shape index (κ1) is 25.8. The molecule has 0 saturated carbocycles. The first-order valence-corrected chi connectivity index (χ1v) is 14.4. The van der Waals surface area contributed by atoms with E-state index < -0.39 is 10.0 Å². The monoisotopic (exact) mass is 536 g/mol. The number of nitrogens with zero attached hydrogens (tertiary/aromatic N) is 3. The van der Waals surface area contributed by atoms with Gasteiger partial charge in [0.1, 0.15) is 0 Å². The van der Waals surface area contributed by atoms with E-state index in [1.807, 2.05) is 0 Å². The van der Waals surface area contributed by atoms with Crippen LogP contribution in [0.1, 0.15) is 17.2 Å². The normalized spacial score (nSPS) is 17.6. The van der Waals surface area contributed by atoms with Crippen LogP contribution in [0.4, 0.5) is 5.69 Å². The molecule has 37 heavy (non-hydrogen) atoms. The van der Waals surface area contributed by atoms with E-state index in [1.165, 1.54) is 15.4 Å². The molecule has 2 fully saturated rings. The highest BCUT2D eigenvalue weighted by atomic mass is 32.2. The molecular weight excluding hydrogens is 504 g/mol. The molecule has 0 bridgehead atoms. The van der Waals surface area contributed by atoms with Crippen molar-refractivity contribution >= 4 is 33.0 Å². The van der Waals surface area contributed by atoms with Crippen molar-refractivity contribution in [1.29, 1.82) is 0 Å². The third-order valence-electron chi connectivity index (χ3n) is 6.91. The number of hydrogen-bond acceptors (Lipinski definition) is 5. The molecule has 0 spiro atoms. The van der Waals surface area contributed by atoms with Gasteiger partial charge in [0.05, 0.1) is 24.2 Å². The molecule has 2 heterocycles. The number of piperazine rings is 1. The Hall–Kier alpha value is -2.82. The largest absolute Gasteiger partial charge is 0.379 e. The highest BCUT2D eigenvalue weighted by Crippen LogP contribution is 2.29. The van der Waals surface area contributed by atoms with Gasteiger partial charge in [-0.25, -0.2) is 8.42 Å². The number of sulfonamides is 1. The Bertz CT molecular complexity index is 1230. The van der Waals surface area contributed by atoms with E-state index >= 15 is 0 Å². The molecule has 2 saturated heterocycles. The van der Waals surface area contributed by atoms with Crippen LogP contribution in [0.25, 0.3) is 0 Å². The summed E-state index contributed by atoms with van der Waals surface area (Å²) in [5.41, 5.74) is 3.35. The summed E-state index contributed by atoms with van der Waals surface area (Å²) in [6.07, 6.45) is 0. The summed E-state index contributed by atoms with van der Waals surface area (Å²) in [5.74, 6) is 0. The number of rotatable bonds is 6. The number of benzene rings is 3. The maximum atomic E-state index is 12.9. The predicted octanol–water partition coefficient (Wildman–Crippen LogP) is 3.81. The lowest BCUT2D eigenvalue weighted by molar-refractivity contribution is 0.0730. The van der Waals surface area contributed by atoms with Gasteiger partial charge in [-0.2, -0.15) is 4.31 Å². The zero-order valence-electron chi connectivity index (χ0n) is 20.7. The molecule has 2 aliphatic rings. The maximum Gasteiger partial charge on any atom is 0.243 e. The van der Waals surface area contributed by atoms with Crippen molar-refractivity contribution in [3.05, 3.63) is 96.1 Å². The number of anilines is 1. The first-order chi connectivity index (χ1) is 18.0. The molecule has 0 amide bonds. The number of morpholine rings is 1. The fraction of sp³-hybridized carbons (Fsp3) is 0.321. The molecule has 0 aliphatic carbocycles. The number of ether oxygens (including phenoxy) is 1. The number of hydrogen-bond donors (Lipinski definition) is 1. The van der Waals surface area contributed by atoms with Crippen LogP contribution in [-0.4, -0.2) is 80.1 Å². The van der Waals surface area contributed by atoms with E-state index in [-0.39, 0.29) is 10.9 Å². The van der Waals surface area contributed by atoms with Crippen LogP contribution in [0.5, 0.6) is 0 Å². The van der Waals surface area contributed by atoms with Crippen LogP contribution in [0, 0.1) is 0 Å². The third kappa shape index (κ3) is 6.02. The van der Waals surface area contributed by atoms with Crippen molar-refractivity contribution in [2.45, 2.75) is 10.9 Å². The molecule has 0 radical (unpaired) electrons. The number of nitrogens with one attached hydrogen (secondary N) is 1. The van der Waals surface area contributed by atoms with Gasteiger partial charge in [0.15, 0.2) is 5.11 Å². The summed E-state index contributed by atoms with van der Waals surface area (Å²) in [6.45, 7) is 5.01. The van der Waals surface area contributed by atoms with Crippen LogP contribution in [0.3, 0.4) is 0 Å². The average molecular weight is 537 g/mol. The molecule has 194 valence electrons. The minimum atomic E-state index is -3.51. The molecule has 0 aromatic heterocycles. The summed E-state index contributed by atoms with van der Waals surface area (Å²) in [7, 11) is -3.51. The summed E-state index contributed by atoms with van der Waals surface area (Å²) in [6, 6.07) is 28.3. The van der Waals surface area contributed by atoms with E-state index in [4.69, 9.17) is 17.0 Å². The Balaban J connectivity index is 1.20. The average Bonchev–Trinajstić information content (AvgIpc) is 2.95. The van der Waals surface area contributed by atoms with Gasteiger partial charge in [-0.15, -0.1) is 0 Å². The van der Waals surface area contributed by atoms with Gasteiger partial charge in [0.2, 0.25) is 10.0 Å². The van der Waals surface area contributed by atoms with Crippen molar-refractivity contribution in [2.24, 2.45) is 0 Å². The SMILES string of the molecule is O=S(=O)(c1ccc(NC(=S)N2CCN(C(c3ccccc3)c3ccccc3)CC2)cc1)N1CCOCC1. The van der Waals surface area contributed by atoms with Crippen LogP contribution >= 0.6 is 12.2 Å². The van der Waals surface area contributed by atoms with Gasteiger partial charge in [-0.05, 0) is 47.6 Å². The van der Waals surface area contributed by atoms with Crippen molar-refractivity contribution in [1.82, 2.24) is 14.1 Å². The maximum absolute atomic E-state index is 12.9. The topological polar surface area (TPSA) is 65.1 Å². The standard InChI is InChI=1S/C28H32N4O3S2/c33-37(34,32-19-21-35-22-20-32)26-13-11-25(12-14-26)29-28(36)31-17-15-30(16-18-31)27(23-7-3-1-4-8-23)24-9-5-2-6-10-24/h1-14,27H,15-22H2,(H,29,36). The molecule has 9 heteroatoms. The molecule has 1 N–H and O–H groups in total. The summed E-state index contributed by atoms with van der Waals surface area (Å²) in [4.78, 5) is 4.97. The smallest absolute Gasteiger partial charge is 0.243 e. The van der Waals surface area contributed by atoms with Gasteiger partial charge >= 0.3 is 0 Å². The van der Waals surface area contributed by atoms with Gasteiger partial charge in [-0.1, -0.05) is 60.7 Å². The van der Waals surface area contributed by atoms with Crippen LogP contribution in [0.2, 0.25) is 0 Å². The van der Waals surface area contributed by atoms with E-state index in [1.54, 1.807) is 24.3 Å². The van der Waals surface area contributed by atoms with Crippen LogP contribution in [-0.2, 0) is 14.8 Å². The Labute approximate surface area is 224 Å². The van der Waals surface area contributed by atoms with Gasteiger partial charge in [-0.3, -0.25) is 4.90 Å². The summed E-state index contributed by atoms with van der Waals surface area (Å²) >= 11 is 5.71. The Morgan fingerprint density at radius 3 is 1.84 bits per heavy atom. The zero-order valence-corrected chi connectivity index (χ0v) is 22.3. The molecule has 7 nitrogen and oxygen atoms in total. The fourth-order valence-corrected chi connectivity index (χ4v) is 6.63. The Kier molecular flexibility index (Phi) is 8.17. The van der Waals surface area contributed by atoms with Crippen LogP contribution < -0.4 is 5.32 Å². The van der Waals surface area contributed by atoms with Crippen molar-refractivity contribution < 1.29 is 13.2 Å². The van der Waals surface area contributed by atoms with E-state index in [9.17, 15) is 8.42 Å². The third-order valence-corrected chi connectivity index (χ3v) is 9.18. The van der Waals surface area contributed by atoms with Crippen molar-refractivity contribution in [2.75, 3.05) is 57.8 Å². The van der Waals surface area contributed by atoms with Gasteiger partial charge in [0.25, 0.3) is 0 Å². The lowest BCUT2D eigenvalue weighted by Gasteiger charge is -2.40. The lowest BCUT2D eigenvalue weighted by atomic mass is 9.96. The quantitative estimate of drug-likeness (QED) is 0.481. The van der Waals surface area contributed by atoms with Gasteiger partial charge < -0.3 is 15.0 Å². The van der Waals surface area contributed by atoms with E-state index in [0.717, 1.165) is 31.9 Å². The summed E-state index contributed by atoms with van der Waals surface area (Å²) < 4.78 is 32.5. The molecule has 3 aromatic carbocycles. The predicted molar refractivity (Wildman–Crippen MR) is 150 cm³/mol. The Morgan fingerprint density at radius 2 is 1.30 bits per heavy atom.